The number of hydrogen-bond acceptors (Lipinski definition) is 1. The predicted octanol–water partition coefficient (Wildman–Crippen LogP) is 0.387. The van der Waals surface area contributed by atoms with E-state index in [0.29, 0.717) is 0 Å². The van der Waals surface area contributed by atoms with Gasteiger partial charge in [-0.2, -0.15) is 0 Å². The number of H-pyrrole nitrogens is 1. The van der Waals surface area contributed by atoms with Crippen molar-refractivity contribution in [1.29, 1.82) is 0 Å². The van der Waals surface area contributed by atoms with E-state index < -0.39 is 0 Å². The van der Waals surface area contributed by atoms with Crippen molar-refractivity contribution in [3.8, 4) is 0 Å². The highest BCUT2D eigenvalue weighted by Crippen LogP contribution is 2.05. The van der Waals surface area contributed by atoms with Gasteiger partial charge in [-0.1, -0.05) is 4.68 Å². The average Bonchev–Trinajstić information content (AvgIpc) is 2.34. The van der Waals surface area contributed by atoms with Gasteiger partial charge in [0.05, 0.1) is 12.3 Å². The zero-order valence-electron chi connectivity index (χ0n) is 6.63. The average molecular weight is 135 g/mol. The Balaban J connectivity index is 2.91. The molecule has 0 saturated carbocycles. The number of nitrogens with one attached hydrogen (secondary N) is 1. The van der Waals surface area contributed by atoms with Crippen molar-refractivity contribution in [2.75, 3.05) is 0 Å². The van der Waals surface area contributed by atoms with Gasteiger partial charge in [0.1, 0.15) is 6.17 Å². The quantitative estimate of drug-likeness (QED) is 0.521. The zero-order valence-corrected chi connectivity index (χ0v) is 5.63. The summed E-state index contributed by atoms with van der Waals surface area (Å²) in [6.45, 7) is 0. The third-order valence-corrected chi connectivity index (χ3v) is 1.42. The molecule has 0 bridgehead atoms. The monoisotopic (exact) mass is 135 g/mol. The van der Waals surface area contributed by atoms with Crippen LogP contribution < -0.4 is 4.68 Å². The molecule has 50 valence electrons. The van der Waals surface area contributed by atoms with Crippen LogP contribution in [0.2, 0.25) is 0 Å². The fraction of sp³-hybridized carbons (Fsp3) is 0.143. The minimum absolute atomic E-state index is 0.287. The Bertz CT molecular complexity index is 393. The molecule has 2 rings (SSSR count). The van der Waals surface area contributed by atoms with Crippen molar-refractivity contribution in [3.63, 3.8) is 0 Å². The molecule has 0 aliphatic rings. The van der Waals surface area contributed by atoms with Gasteiger partial charge < -0.3 is 4.98 Å². The molecule has 0 spiro atoms. The van der Waals surface area contributed by atoms with Gasteiger partial charge in [0.15, 0.2) is 7.05 Å². The van der Waals surface area contributed by atoms with Gasteiger partial charge in [0.2, 0.25) is 6.20 Å². The van der Waals surface area contributed by atoms with Crippen LogP contribution in [-0.2, 0) is 7.05 Å². The summed E-state index contributed by atoms with van der Waals surface area (Å²) in [7, 11) is 1.81. The second-order valence-electron chi connectivity index (χ2n) is 2.22. The van der Waals surface area contributed by atoms with E-state index in [0.717, 1.165) is 10.9 Å². The molecule has 0 atom stereocenters. The molecule has 3 heteroatoms. The van der Waals surface area contributed by atoms with E-state index in [9.17, 15) is 0 Å². The number of fused-ring (bicyclic) bond motifs is 1. The van der Waals surface area contributed by atoms with Gasteiger partial charge in [-0.05, 0) is 11.2 Å². The van der Waals surface area contributed by atoms with Crippen LogP contribution in [0.1, 0.15) is 1.37 Å². The molecule has 0 amide bonds. The van der Waals surface area contributed by atoms with Crippen LogP contribution in [-0.4, -0.2) is 10.1 Å². The Morgan fingerprint density at radius 1 is 1.80 bits per heavy atom. The molecule has 0 unspecified atom stereocenters. The van der Waals surface area contributed by atoms with E-state index in [2.05, 4.69) is 10.1 Å². The lowest BCUT2D eigenvalue weighted by atomic mass is 10.4. The fourth-order valence-electron chi connectivity index (χ4n) is 0.945. The summed E-state index contributed by atoms with van der Waals surface area (Å²) in [6.07, 6.45) is 3.98. The first kappa shape index (κ1) is 4.44. The number of nitrogens with zero attached hydrogens (tertiary/aromatic N) is 2. The van der Waals surface area contributed by atoms with Crippen molar-refractivity contribution < 1.29 is 6.05 Å². The van der Waals surface area contributed by atoms with E-state index in [1.165, 1.54) is 0 Å². The summed E-state index contributed by atoms with van der Waals surface area (Å²) < 4.78 is 9.10. The summed E-state index contributed by atoms with van der Waals surface area (Å²) in [5.74, 6) is 0. The van der Waals surface area contributed by atoms with Crippen molar-refractivity contribution in [2.24, 2.45) is 7.05 Å². The standard InChI is InChI=1S/C7H7N3/c1-10-5-6-2-3-8-7(6)4-9-10/h2-5H,1H3/p+1/i4D. The highest BCUT2D eigenvalue weighted by Gasteiger charge is 1.98. The molecule has 2 heterocycles. The molecule has 10 heavy (non-hydrogen) atoms. The zero-order chi connectivity index (χ0) is 7.84. The highest BCUT2D eigenvalue weighted by molar-refractivity contribution is 5.76. The molecule has 0 fully saturated rings. The lowest BCUT2D eigenvalue weighted by molar-refractivity contribution is -0.729. The van der Waals surface area contributed by atoms with Crippen LogP contribution in [0.5, 0.6) is 0 Å². The maximum Gasteiger partial charge on any atom is 0.205 e. The van der Waals surface area contributed by atoms with Gasteiger partial charge in [-0.25, -0.2) is 0 Å². The smallest absolute Gasteiger partial charge is 0.205 e. The van der Waals surface area contributed by atoms with E-state index in [1.807, 2.05) is 25.5 Å². The number of aryl methyl sites for hydroxylation is 1. The van der Waals surface area contributed by atoms with Crippen molar-refractivity contribution >= 4 is 10.9 Å². The molecule has 2 aromatic rings. The Hall–Kier alpha value is -1.38. The van der Waals surface area contributed by atoms with Gasteiger partial charge in [0.25, 0.3) is 0 Å². The maximum atomic E-state index is 7.46. The van der Waals surface area contributed by atoms with Gasteiger partial charge in [-0.15, -0.1) is 0 Å². The lowest BCUT2D eigenvalue weighted by Gasteiger charge is -1.83. The number of hydrogen-bond donors (Lipinski definition) is 1. The van der Waals surface area contributed by atoms with Crippen molar-refractivity contribution in [2.45, 2.75) is 0 Å². The second-order valence-corrected chi connectivity index (χ2v) is 2.22. The SMILES string of the molecule is [2H]c1n[n+](C)cc2cc[nH]c12. The summed E-state index contributed by atoms with van der Waals surface area (Å²) >= 11 is 0. The van der Waals surface area contributed by atoms with Crippen molar-refractivity contribution in [1.82, 2.24) is 10.1 Å². The Labute approximate surface area is 59.7 Å². The minimum Gasteiger partial charge on any atom is -0.360 e. The van der Waals surface area contributed by atoms with Crippen LogP contribution in [0.25, 0.3) is 10.9 Å². The molecule has 0 radical (unpaired) electrons. The third-order valence-electron chi connectivity index (χ3n) is 1.42. The first-order valence-electron chi connectivity index (χ1n) is 3.58. The molecule has 0 aliphatic carbocycles. The first-order valence-corrected chi connectivity index (χ1v) is 3.08. The molecular weight excluding hydrogens is 126 g/mol. The third kappa shape index (κ3) is 0.673. The summed E-state index contributed by atoms with van der Waals surface area (Å²) in [6, 6.07) is 1.93. The van der Waals surface area contributed by atoms with Gasteiger partial charge >= 0.3 is 0 Å². The molecule has 0 aromatic carbocycles. The Kier molecular flexibility index (Phi) is 0.799. The molecule has 2 aromatic heterocycles. The number of rotatable bonds is 0. The van der Waals surface area contributed by atoms with E-state index in [1.54, 1.807) is 4.68 Å². The van der Waals surface area contributed by atoms with Gasteiger partial charge in [0, 0.05) is 6.20 Å². The van der Waals surface area contributed by atoms with E-state index in [4.69, 9.17) is 1.37 Å². The predicted molar refractivity (Wildman–Crippen MR) is 37.3 cm³/mol. The molecule has 0 aliphatic heterocycles. The topological polar surface area (TPSA) is 32.6 Å². The van der Waals surface area contributed by atoms with Crippen LogP contribution >= 0.6 is 0 Å². The molecule has 3 nitrogen and oxygen atoms in total. The molecule has 0 saturated heterocycles. The number of aromatic nitrogens is 3. The maximum absolute atomic E-state index is 7.46. The minimum atomic E-state index is 0.287. The van der Waals surface area contributed by atoms with Crippen LogP contribution in [0, 0.1) is 0 Å². The summed E-state index contributed by atoms with van der Waals surface area (Å²) in [5.41, 5.74) is 0.795. The van der Waals surface area contributed by atoms with Crippen LogP contribution in [0.15, 0.2) is 24.6 Å². The largest absolute Gasteiger partial charge is 0.360 e. The summed E-state index contributed by atoms with van der Waals surface area (Å²) in [5, 5.41) is 4.95. The summed E-state index contributed by atoms with van der Waals surface area (Å²) in [4.78, 5) is 2.95. The van der Waals surface area contributed by atoms with Crippen LogP contribution in [0.4, 0.5) is 0 Å². The van der Waals surface area contributed by atoms with Crippen molar-refractivity contribution in [3.05, 3.63) is 24.6 Å². The lowest BCUT2D eigenvalue weighted by Crippen LogP contribution is -2.31. The molecule has 1 N–H and O–H groups in total. The van der Waals surface area contributed by atoms with E-state index >= 15 is 0 Å². The van der Waals surface area contributed by atoms with Gasteiger partial charge in [-0.3, -0.25) is 0 Å². The fourth-order valence-corrected chi connectivity index (χ4v) is 0.945. The highest BCUT2D eigenvalue weighted by atomic mass is 15.2. The molecular formula is C7H8N3+. The number of aromatic amines is 1. The van der Waals surface area contributed by atoms with E-state index in [-0.39, 0.29) is 6.17 Å². The second kappa shape index (κ2) is 1.80. The Morgan fingerprint density at radius 2 is 2.70 bits per heavy atom. The Morgan fingerprint density at radius 3 is 3.60 bits per heavy atom. The normalized spacial score (nSPS) is 11.9. The van der Waals surface area contributed by atoms with Crippen LogP contribution in [0.3, 0.4) is 0 Å². The first-order chi connectivity index (χ1) is 5.27.